The van der Waals surface area contributed by atoms with Crippen LogP contribution in [0.2, 0.25) is 0 Å². The second kappa shape index (κ2) is 4.30. The molecule has 4 nitrogen and oxygen atoms in total. The number of fused-ring (bicyclic) bond motifs is 1. The van der Waals surface area contributed by atoms with Crippen molar-refractivity contribution < 1.29 is 4.42 Å². The van der Waals surface area contributed by atoms with Gasteiger partial charge in [0.2, 0.25) is 0 Å². The molecule has 1 unspecified atom stereocenters. The van der Waals surface area contributed by atoms with Gasteiger partial charge >= 0.3 is 0 Å². The van der Waals surface area contributed by atoms with E-state index < -0.39 is 0 Å². The number of rotatable bonds is 3. The molecule has 1 aliphatic rings. The van der Waals surface area contributed by atoms with Crippen molar-refractivity contribution in [2.45, 2.75) is 32.5 Å². The first-order valence-corrected chi connectivity index (χ1v) is 5.87. The van der Waals surface area contributed by atoms with Crippen molar-refractivity contribution in [2.75, 3.05) is 0 Å². The molecule has 3 rings (SSSR count). The largest absolute Gasteiger partial charge is 0.469 e. The van der Waals surface area contributed by atoms with E-state index in [0.29, 0.717) is 6.04 Å². The van der Waals surface area contributed by atoms with Gasteiger partial charge in [0.05, 0.1) is 12.0 Å². The van der Waals surface area contributed by atoms with Crippen molar-refractivity contribution in [1.82, 2.24) is 14.9 Å². The van der Waals surface area contributed by atoms with Gasteiger partial charge in [0.15, 0.2) is 0 Å². The summed E-state index contributed by atoms with van der Waals surface area (Å²) in [7, 11) is 0. The molecule has 88 valence electrons. The van der Waals surface area contributed by atoms with Crippen LogP contribution < -0.4 is 0 Å². The zero-order valence-corrected chi connectivity index (χ0v) is 9.84. The number of hydrogen-bond donors (Lipinski definition) is 0. The van der Waals surface area contributed by atoms with Crippen LogP contribution >= 0.6 is 0 Å². The fraction of sp³-hybridized carbons (Fsp3) is 0.385. The molecule has 0 bridgehead atoms. The minimum Gasteiger partial charge on any atom is -0.469 e. The number of aromatic nitrogens is 2. The fourth-order valence-corrected chi connectivity index (χ4v) is 2.29. The molecule has 0 aliphatic carbocycles. The van der Waals surface area contributed by atoms with Gasteiger partial charge in [0.1, 0.15) is 12.1 Å². The third-order valence-corrected chi connectivity index (χ3v) is 3.31. The highest BCUT2D eigenvalue weighted by atomic mass is 16.3. The number of hydrogen-bond acceptors (Lipinski definition) is 4. The molecule has 0 amide bonds. The van der Waals surface area contributed by atoms with Gasteiger partial charge < -0.3 is 4.42 Å². The van der Waals surface area contributed by atoms with Crippen molar-refractivity contribution in [3.05, 3.63) is 47.9 Å². The van der Waals surface area contributed by atoms with E-state index in [1.165, 1.54) is 5.56 Å². The van der Waals surface area contributed by atoms with Gasteiger partial charge in [-0.2, -0.15) is 0 Å². The fourth-order valence-electron chi connectivity index (χ4n) is 2.29. The Morgan fingerprint density at radius 1 is 1.47 bits per heavy atom. The minimum atomic E-state index is 0.454. The first kappa shape index (κ1) is 10.5. The maximum absolute atomic E-state index is 5.39. The lowest BCUT2D eigenvalue weighted by atomic mass is 10.2. The second-order valence-electron chi connectivity index (χ2n) is 4.53. The van der Waals surface area contributed by atoms with E-state index in [4.69, 9.17) is 4.42 Å². The van der Waals surface area contributed by atoms with Gasteiger partial charge in [0.25, 0.3) is 0 Å². The smallest absolute Gasteiger partial charge is 0.115 e. The molecule has 4 heteroatoms. The molecule has 0 saturated carbocycles. The topological polar surface area (TPSA) is 42.2 Å². The third-order valence-electron chi connectivity index (χ3n) is 3.31. The Kier molecular flexibility index (Phi) is 2.65. The molecular formula is C13H15N3O. The third kappa shape index (κ3) is 2.08. The molecule has 0 spiro atoms. The summed E-state index contributed by atoms with van der Waals surface area (Å²) in [5, 5.41) is 0. The molecule has 2 aromatic heterocycles. The standard InChI is InChI=1S/C13H15N3O/c1-10(5-12-3-2-4-17-12)16-7-11-6-14-9-15-13(11)8-16/h2-4,6,9-10H,5,7-8H2,1H3. The summed E-state index contributed by atoms with van der Waals surface area (Å²) in [4.78, 5) is 10.8. The molecule has 1 aliphatic heterocycles. The lowest BCUT2D eigenvalue weighted by Gasteiger charge is -2.22. The van der Waals surface area contributed by atoms with Gasteiger partial charge in [-0.05, 0) is 19.1 Å². The highest BCUT2D eigenvalue weighted by Gasteiger charge is 2.24. The Balaban J connectivity index is 1.68. The van der Waals surface area contributed by atoms with E-state index in [0.717, 1.165) is 31.0 Å². The Morgan fingerprint density at radius 2 is 2.41 bits per heavy atom. The molecule has 2 aromatic rings. The zero-order chi connectivity index (χ0) is 11.7. The van der Waals surface area contributed by atoms with E-state index >= 15 is 0 Å². The van der Waals surface area contributed by atoms with Crippen molar-refractivity contribution >= 4 is 0 Å². The van der Waals surface area contributed by atoms with Crippen LogP contribution in [0.5, 0.6) is 0 Å². The first-order chi connectivity index (χ1) is 8.33. The summed E-state index contributed by atoms with van der Waals surface area (Å²) in [6.07, 6.45) is 6.21. The van der Waals surface area contributed by atoms with Gasteiger partial charge in [-0.25, -0.2) is 9.97 Å². The Morgan fingerprint density at radius 3 is 3.18 bits per heavy atom. The normalized spacial score (nSPS) is 17.0. The summed E-state index contributed by atoms with van der Waals surface area (Å²) in [5.74, 6) is 1.04. The predicted octanol–water partition coefficient (Wildman–Crippen LogP) is 2.02. The van der Waals surface area contributed by atoms with E-state index in [1.807, 2.05) is 18.3 Å². The second-order valence-corrected chi connectivity index (χ2v) is 4.53. The van der Waals surface area contributed by atoms with E-state index in [-0.39, 0.29) is 0 Å². The van der Waals surface area contributed by atoms with Gasteiger partial charge in [0, 0.05) is 37.3 Å². The molecule has 0 aromatic carbocycles. The minimum absolute atomic E-state index is 0.454. The average Bonchev–Trinajstić information content (AvgIpc) is 2.96. The maximum Gasteiger partial charge on any atom is 0.115 e. The molecule has 17 heavy (non-hydrogen) atoms. The Bertz CT molecular complexity index is 470. The summed E-state index contributed by atoms with van der Waals surface area (Å²) in [5.41, 5.74) is 2.41. The first-order valence-electron chi connectivity index (χ1n) is 5.87. The summed E-state index contributed by atoms with van der Waals surface area (Å²) < 4.78 is 5.39. The maximum atomic E-state index is 5.39. The summed E-state index contributed by atoms with van der Waals surface area (Å²) >= 11 is 0. The number of furan rings is 1. The molecule has 3 heterocycles. The highest BCUT2D eigenvalue weighted by Crippen LogP contribution is 2.23. The predicted molar refractivity (Wildman–Crippen MR) is 63.2 cm³/mol. The van der Waals surface area contributed by atoms with Gasteiger partial charge in [-0.15, -0.1) is 0 Å². The molecule has 0 saturated heterocycles. The molecule has 0 fully saturated rings. The van der Waals surface area contributed by atoms with Crippen LogP contribution in [0.25, 0.3) is 0 Å². The Labute approximate surface area is 100 Å². The quantitative estimate of drug-likeness (QED) is 0.807. The summed E-state index contributed by atoms with van der Waals surface area (Å²) in [6, 6.07) is 4.42. The lowest BCUT2D eigenvalue weighted by molar-refractivity contribution is 0.203. The van der Waals surface area contributed by atoms with E-state index in [2.05, 4.69) is 21.8 Å². The molecule has 0 N–H and O–H groups in total. The lowest BCUT2D eigenvalue weighted by Crippen LogP contribution is -2.29. The van der Waals surface area contributed by atoms with Crippen LogP contribution in [0.4, 0.5) is 0 Å². The monoisotopic (exact) mass is 229 g/mol. The Hall–Kier alpha value is -1.68. The van der Waals surface area contributed by atoms with Crippen molar-refractivity contribution in [2.24, 2.45) is 0 Å². The molecule has 1 atom stereocenters. The van der Waals surface area contributed by atoms with Crippen molar-refractivity contribution in [3.63, 3.8) is 0 Å². The van der Waals surface area contributed by atoms with Crippen molar-refractivity contribution in [1.29, 1.82) is 0 Å². The summed E-state index contributed by atoms with van der Waals surface area (Å²) in [6.45, 7) is 4.08. The highest BCUT2D eigenvalue weighted by molar-refractivity contribution is 5.20. The number of nitrogens with zero attached hydrogens (tertiary/aromatic N) is 3. The van der Waals surface area contributed by atoms with Crippen LogP contribution in [0.15, 0.2) is 35.3 Å². The van der Waals surface area contributed by atoms with Crippen molar-refractivity contribution in [3.8, 4) is 0 Å². The molecular weight excluding hydrogens is 214 g/mol. The SMILES string of the molecule is CC(Cc1ccco1)N1Cc2cncnc2C1. The zero-order valence-electron chi connectivity index (χ0n) is 9.84. The molecule has 0 radical (unpaired) electrons. The average molecular weight is 229 g/mol. The van der Waals surface area contributed by atoms with Crippen LogP contribution in [0.3, 0.4) is 0 Å². The van der Waals surface area contributed by atoms with Gasteiger partial charge in [-0.1, -0.05) is 0 Å². The van der Waals surface area contributed by atoms with Crippen LogP contribution in [0.1, 0.15) is 23.9 Å². The van der Waals surface area contributed by atoms with Crippen LogP contribution in [-0.2, 0) is 19.5 Å². The van der Waals surface area contributed by atoms with Gasteiger partial charge in [-0.3, -0.25) is 4.90 Å². The van der Waals surface area contributed by atoms with Crippen LogP contribution in [0, 0.1) is 0 Å². The van der Waals surface area contributed by atoms with E-state index in [9.17, 15) is 0 Å². The van der Waals surface area contributed by atoms with Crippen LogP contribution in [-0.4, -0.2) is 20.9 Å². The van der Waals surface area contributed by atoms with E-state index in [1.54, 1.807) is 12.6 Å².